The van der Waals surface area contributed by atoms with Crippen molar-refractivity contribution in [1.82, 2.24) is 14.9 Å². The molecule has 0 aliphatic carbocycles. The van der Waals surface area contributed by atoms with Gasteiger partial charge in [-0.25, -0.2) is 19.2 Å². The summed E-state index contributed by atoms with van der Waals surface area (Å²) < 4.78 is 30.9. The maximum absolute atomic E-state index is 14.6. The predicted octanol–water partition coefficient (Wildman–Crippen LogP) is 4.75. The highest BCUT2D eigenvalue weighted by molar-refractivity contribution is 5.68. The molecule has 1 aliphatic rings. The maximum atomic E-state index is 14.6. The summed E-state index contributed by atoms with van der Waals surface area (Å²) in [7, 11) is 1.62. The summed E-state index contributed by atoms with van der Waals surface area (Å²) in [6, 6.07) is 4.86. The number of amides is 1. The smallest absolute Gasteiger partial charge is 0.410 e. The highest BCUT2D eigenvalue weighted by Crippen LogP contribution is 2.28. The molecule has 1 aliphatic heterocycles. The molecule has 2 heterocycles. The number of hydrogen-bond donors (Lipinski definition) is 2. The minimum absolute atomic E-state index is 0. The lowest BCUT2D eigenvalue weighted by atomic mass is 10.1. The first-order valence-electron chi connectivity index (χ1n) is 11.1. The fourth-order valence-corrected chi connectivity index (χ4v) is 3.42. The normalized spacial score (nSPS) is 13.9. The van der Waals surface area contributed by atoms with Crippen LogP contribution in [0.25, 0.3) is 0 Å². The molecule has 188 valence electrons. The number of likely N-dealkylation sites (tertiary alicyclic amines) is 1. The molecule has 34 heavy (non-hydrogen) atoms. The molecule has 0 atom stereocenters. The fraction of sp³-hybridized carbons (Fsp3) is 0.542. The van der Waals surface area contributed by atoms with Crippen LogP contribution in [0.15, 0.2) is 24.5 Å². The number of rotatable bonds is 9. The van der Waals surface area contributed by atoms with E-state index in [2.05, 4.69) is 20.6 Å². The van der Waals surface area contributed by atoms with Gasteiger partial charge in [-0.05, 0) is 39.0 Å². The van der Waals surface area contributed by atoms with Gasteiger partial charge in [0.2, 0.25) is 5.88 Å². The van der Waals surface area contributed by atoms with Crippen molar-refractivity contribution in [2.75, 3.05) is 44.0 Å². The Morgan fingerprint density at radius 1 is 1.26 bits per heavy atom. The number of nitrogens with one attached hydrogen (secondary N) is 2. The molecule has 1 fully saturated rings. The van der Waals surface area contributed by atoms with Crippen LogP contribution in [0.4, 0.5) is 26.4 Å². The standard InChI is InChI=1S/C23H32FN5O4.CH4/c1-15(2)32-23(30)29-10-7-18(8-11-29)33-22-16(3)21(26-14-27-22)28-20-6-5-17(13-19(20)24)25-9-12-31-4;/h5-6,13-15,18,25H,7-12H2,1-4H3,(H,26,27,28);1H4. The van der Waals surface area contributed by atoms with Crippen molar-refractivity contribution in [3.05, 3.63) is 35.9 Å². The van der Waals surface area contributed by atoms with E-state index in [0.29, 0.717) is 67.7 Å². The van der Waals surface area contributed by atoms with Crippen LogP contribution in [0.2, 0.25) is 0 Å². The van der Waals surface area contributed by atoms with Crippen LogP contribution in [-0.4, -0.2) is 66.5 Å². The fourth-order valence-electron chi connectivity index (χ4n) is 3.42. The first-order chi connectivity index (χ1) is 15.9. The van der Waals surface area contributed by atoms with Gasteiger partial charge in [0.15, 0.2) is 0 Å². The van der Waals surface area contributed by atoms with E-state index in [9.17, 15) is 9.18 Å². The molecule has 0 bridgehead atoms. The van der Waals surface area contributed by atoms with Gasteiger partial charge in [-0.15, -0.1) is 0 Å². The second-order valence-corrected chi connectivity index (χ2v) is 8.13. The highest BCUT2D eigenvalue weighted by Gasteiger charge is 2.26. The van der Waals surface area contributed by atoms with E-state index in [1.54, 1.807) is 24.1 Å². The lowest BCUT2D eigenvalue weighted by molar-refractivity contribution is 0.0505. The van der Waals surface area contributed by atoms with Gasteiger partial charge in [0.1, 0.15) is 24.1 Å². The van der Waals surface area contributed by atoms with E-state index in [4.69, 9.17) is 14.2 Å². The Kier molecular flexibility index (Phi) is 10.3. The molecule has 0 saturated carbocycles. The van der Waals surface area contributed by atoms with Crippen molar-refractivity contribution < 1.29 is 23.4 Å². The molecular weight excluding hydrogens is 441 g/mol. The summed E-state index contributed by atoms with van der Waals surface area (Å²) in [6.07, 6.45) is 2.21. The molecule has 0 radical (unpaired) electrons. The lowest BCUT2D eigenvalue weighted by Crippen LogP contribution is -2.42. The van der Waals surface area contributed by atoms with Gasteiger partial charge in [-0.3, -0.25) is 0 Å². The third-order valence-electron chi connectivity index (χ3n) is 5.21. The van der Waals surface area contributed by atoms with Crippen molar-refractivity contribution in [1.29, 1.82) is 0 Å². The molecular formula is C24H36FN5O4. The number of methoxy groups -OCH3 is 1. The van der Waals surface area contributed by atoms with E-state index < -0.39 is 5.82 Å². The van der Waals surface area contributed by atoms with Gasteiger partial charge in [-0.1, -0.05) is 7.43 Å². The number of anilines is 3. The van der Waals surface area contributed by atoms with Gasteiger partial charge in [0.25, 0.3) is 0 Å². The minimum atomic E-state index is -0.404. The average molecular weight is 478 g/mol. The molecule has 3 rings (SSSR count). The van der Waals surface area contributed by atoms with E-state index >= 15 is 0 Å². The van der Waals surface area contributed by atoms with Crippen LogP contribution in [0.5, 0.6) is 5.88 Å². The van der Waals surface area contributed by atoms with Crippen LogP contribution >= 0.6 is 0 Å². The zero-order chi connectivity index (χ0) is 23.8. The second kappa shape index (κ2) is 12.9. The number of nitrogens with zero attached hydrogens (tertiary/aromatic N) is 3. The molecule has 0 spiro atoms. The topological polar surface area (TPSA) is 97.8 Å². The quantitative estimate of drug-likeness (QED) is 0.500. The molecule has 1 aromatic heterocycles. The first-order valence-corrected chi connectivity index (χ1v) is 11.1. The van der Waals surface area contributed by atoms with E-state index in [1.165, 1.54) is 12.4 Å². The predicted molar refractivity (Wildman–Crippen MR) is 130 cm³/mol. The summed E-state index contributed by atoms with van der Waals surface area (Å²) in [5, 5.41) is 6.12. The Morgan fingerprint density at radius 2 is 2.00 bits per heavy atom. The molecule has 1 aromatic carbocycles. The van der Waals surface area contributed by atoms with Crippen molar-refractivity contribution in [2.45, 2.75) is 53.2 Å². The van der Waals surface area contributed by atoms with Crippen LogP contribution in [0.1, 0.15) is 39.7 Å². The molecule has 9 nitrogen and oxygen atoms in total. The molecule has 2 aromatic rings. The van der Waals surface area contributed by atoms with Crippen molar-refractivity contribution in [3.8, 4) is 5.88 Å². The number of ether oxygens (including phenoxy) is 3. The van der Waals surface area contributed by atoms with Crippen molar-refractivity contribution in [2.24, 2.45) is 0 Å². The Labute approximate surface area is 201 Å². The SMILES string of the molecule is C.COCCNc1ccc(Nc2ncnc(OC3CCN(C(=O)OC(C)C)CC3)c2C)c(F)c1. The van der Waals surface area contributed by atoms with Crippen LogP contribution < -0.4 is 15.4 Å². The molecule has 0 unspecified atom stereocenters. The summed E-state index contributed by atoms with van der Waals surface area (Å²) in [6.45, 7) is 7.72. The van der Waals surface area contributed by atoms with Gasteiger partial charge < -0.3 is 29.7 Å². The molecule has 1 amide bonds. The molecule has 2 N–H and O–H groups in total. The van der Waals surface area contributed by atoms with Crippen LogP contribution in [0, 0.1) is 12.7 Å². The first kappa shape index (κ1) is 27.1. The number of carbonyl (C=O) groups is 1. The van der Waals surface area contributed by atoms with Crippen LogP contribution in [-0.2, 0) is 9.47 Å². The van der Waals surface area contributed by atoms with Crippen molar-refractivity contribution in [3.63, 3.8) is 0 Å². The van der Waals surface area contributed by atoms with Gasteiger partial charge in [0.05, 0.1) is 24.0 Å². The molecule has 1 saturated heterocycles. The lowest BCUT2D eigenvalue weighted by Gasteiger charge is -2.32. The summed E-state index contributed by atoms with van der Waals surface area (Å²) in [4.78, 5) is 22.2. The third-order valence-corrected chi connectivity index (χ3v) is 5.21. The van der Waals surface area contributed by atoms with Gasteiger partial charge in [0, 0.05) is 45.3 Å². The Morgan fingerprint density at radius 3 is 2.65 bits per heavy atom. The van der Waals surface area contributed by atoms with Crippen LogP contribution in [0.3, 0.4) is 0 Å². The minimum Gasteiger partial charge on any atom is -0.474 e. The van der Waals surface area contributed by atoms with E-state index in [1.807, 2.05) is 20.8 Å². The zero-order valence-corrected chi connectivity index (χ0v) is 19.6. The summed E-state index contributed by atoms with van der Waals surface area (Å²) in [5.74, 6) is 0.504. The van der Waals surface area contributed by atoms with E-state index in [-0.39, 0.29) is 25.7 Å². The maximum Gasteiger partial charge on any atom is 0.410 e. The second-order valence-electron chi connectivity index (χ2n) is 8.13. The Balaban J connectivity index is 0.00000408. The summed E-state index contributed by atoms with van der Waals surface area (Å²) in [5.41, 5.74) is 1.65. The molecule has 10 heteroatoms. The Bertz CT molecular complexity index is 936. The van der Waals surface area contributed by atoms with Gasteiger partial charge in [-0.2, -0.15) is 0 Å². The number of carbonyl (C=O) groups excluding carboxylic acids is 1. The largest absolute Gasteiger partial charge is 0.474 e. The number of hydrogen-bond acceptors (Lipinski definition) is 8. The van der Waals surface area contributed by atoms with E-state index in [0.717, 1.165) is 0 Å². The monoisotopic (exact) mass is 477 g/mol. The number of aromatic nitrogens is 2. The number of benzene rings is 1. The van der Waals surface area contributed by atoms with Crippen molar-refractivity contribution >= 4 is 23.3 Å². The Hall–Kier alpha value is -3.14. The average Bonchev–Trinajstić information content (AvgIpc) is 2.78. The summed E-state index contributed by atoms with van der Waals surface area (Å²) >= 11 is 0. The third kappa shape index (κ3) is 7.44. The highest BCUT2D eigenvalue weighted by atomic mass is 19.1. The number of piperidine rings is 1. The number of halogens is 1. The zero-order valence-electron chi connectivity index (χ0n) is 19.6. The van der Waals surface area contributed by atoms with Gasteiger partial charge >= 0.3 is 6.09 Å².